The van der Waals surface area contributed by atoms with E-state index in [1.807, 2.05) is 0 Å². The van der Waals surface area contributed by atoms with E-state index in [1.54, 1.807) is 0 Å². The molecule has 1 atom stereocenters. The number of carbonyl (C=O) groups is 2. The van der Waals surface area contributed by atoms with E-state index in [0.29, 0.717) is 19.3 Å². The Morgan fingerprint density at radius 3 is 2.65 bits per heavy atom. The van der Waals surface area contributed by atoms with Crippen LogP contribution in [0.4, 0.5) is 4.39 Å². The molecule has 0 spiro atoms. The van der Waals surface area contributed by atoms with Crippen LogP contribution in [0.5, 0.6) is 5.75 Å². The molecule has 6 heteroatoms. The number of benzene rings is 1. The van der Waals surface area contributed by atoms with Gasteiger partial charge in [-0.1, -0.05) is 18.9 Å². The molecule has 2 N–H and O–H groups in total. The van der Waals surface area contributed by atoms with E-state index in [-0.39, 0.29) is 6.54 Å². The molecule has 0 aromatic heterocycles. The van der Waals surface area contributed by atoms with Gasteiger partial charge in [-0.15, -0.1) is 0 Å². The van der Waals surface area contributed by atoms with Crippen LogP contribution in [0, 0.1) is 5.82 Å². The molecule has 1 unspecified atom stereocenters. The van der Waals surface area contributed by atoms with Gasteiger partial charge in [0.05, 0.1) is 0 Å². The summed E-state index contributed by atoms with van der Waals surface area (Å²) in [4.78, 5) is 24.8. The number of amides is 1. The summed E-state index contributed by atoms with van der Waals surface area (Å²) in [6.45, 7) is 0.254. The molecule has 20 heavy (non-hydrogen) atoms. The van der Waals surface area contributed by atoms with Gasteiger partial charge in [0.25, 0.3) is 5.91 Å². The molecular weight excluding hydrogens is 265 g/mol. The van der Waals surface area contributed by atoms with Crippen LogP contribution in [0.25, 0.3) is 0 Å². The average Bonchev–Trinajstić information content (AvgIpc) is 2.63. The molecule has 1 amide bonds. The Morgan fingerprint density at radius 2 is 2.00 bits per heavy atom. The number of halogens is 1. The second-order valence-corrected chi connectivity index (χ2v) is 4.84. The standard InChI is InChI=1S/C14H16FNO4/c15-9-5-4-7-11(17)12(9)13(18)16-8-3-1-2-6-10(16)14(19)20/h4-5,7,10,17H,1-3,6,8H2,(H,19,20). The maximum absolute atomic E-state index is 13.7. The first-order valence-corrected chi connectivity index (χ1v) is 6.53. The molecular formula is C14H16FNO4. The minimum absolute atomic E-state index is 0.254. The predicted octanol–water partition coefficient (Wildman–Crippen LogP) is 2.00. The van der Waals surface area contributed by atoms with Gasteiger partial charge in [-0.3, -0.25) is 4.79 Å². The van der Waals surface area contributed by atoms with Crippen LogP contribution in [0.1, 0.15) is 36.0 Å². The van der Waals surface area contributed by atoms with Crippen LogP contribution in [0.15, 0.2) is 18.2 Å². The zero-order chi connectivity index (χ0) is 14.7. The van der Waals surface area contributed by atoms with Gasteiger partial charge in [-0.05, 0) is 25.0 Å². The van der Waals surface area contributed by atoms with Gasteiger partial charge in [0.15, 0.2) is 0 Å². The third-order valence-corrected chi connectivity index (χ3v) is 3.50. The number of aliphatic carboxylic acids is 1. The number of carboxylic acids is 1. The van der Waals surface area contributed by atoms with Crippen molar-refractivity contribution in [2.45, 2.75) is 31.7 Å². The fourth-order valence-electron chi connectivity index (χ4n) is 2.48. The number of rotatable bonds is 2. The number of likely N-dealkylation sites (tertiary alicyclic amines) is 1. The molecule has 1 aromatic rings. The van der Waals surface area contributed by atoms with Crippen molar-refractivity contribution in [1.82, 2.24) is 4.90 Å². The van der Waals surface area contributed by atoms with Crippen molar-refractivity contribution < 1.29 is 24.2 Å². The zero-order valence-corrected chi connectivity index (χ0v) is 10.9. The Bertz CT molecular complexity index is 512. The molecule has 5 nitrogen and oxygen atoms in total. The third-order valence-electron chi connectivity index (χ3n) is 3.50. The van der Waals surface area contributed by atoms with Crippen LogP contribution < -0.4 is 0 Å². The van der Waals surface area contributed by atoms with Gasteiger partial charge >= 0.3 is 5.97 Å². The maximum Gasteiger partial charge on any atom is 0.326 e. The molecule has 0 aliphatic carbocycles. The van der Waals surface area contributed by atoms with Gasteiger partial charge in [-0.2, -0.15) is 0 Å². The fourth-order valence-corrected chi connectivity index (χ4v) is 2.48. The van der Waals surface area contributed by atoms with Gasteiger partial charge in [0.2, 0.25) is 0 Å². The van der Waals surface area contributed by atoms with Crippen molar-refractivity contribution in [3.05, 3.63) is 29.6 Å². The molecule has 1 aliphatic heterocycles. The summed E-state index contributed by atoms with van der Waals surface area (Å²) in [6, 6.07) is 2.60. The zero-order valence-electron chi connectivity index (χ0n) is 10.9. The fraction of sp³-hybridized carbons (Fsp3) is 0.429. The molecule has 1 heterocycles. The number of carbonyl (C=O) groups excluding carboxylic acids is 1. The Kier molecular flexibility index (Phi) is 4.22. The van der Waals surface area contributed by atoms with Gasteiger partial charge in [-0.25, -0.2) is 9.18 Å². The quantitative estimate of drug-likeness (QED) is 0.869. The molecule has 1 saturated heterocycles. The number of carboxylic acid groups (broad SMARTS) is 1. The van der Waals surface area contributed by atoms with E-state index in [0.717, 1.165) is 17.4 Å². The summed E-state index contributed by atoms with van der Waals surface area (Å²) >= 11 is 0. The first-order valence-electron chi connectivity index (χ1n) is 6.53. The van der Waals surface area contributed by atoms with Gasteiger partial charge in [0.1, 0.15) is 23.2 Å². The van der Waals surface area contributed by atoms with Crippen molar-refractivity contribution in [3.63, 3.8) is 0 Å². The monoisotopic (exact) mass is 281 g/mol. The number of aromatic hydroxyl groups is 1. The largest absolute Gasteiger partial charge is 0.507 e. The first kappa shape index (κ1) is 14.3. The smallest absolute Gasteiger partial charge is 0.326 e. The van der Waals surface area contributed by atoms with Crippen LogP contribution in [-0.2, 0) is 4.79 Å². The summed E-state index contributed by atoms with van der Waals surface area (Å²) in [5.74, 6) is -3.18. The highest BCUT2D eigenvalue weighted by Crippen LogP contribution is 2.25. The average molecular weight is 281 g/mol. The summed E-state index contributed by atoms with van der Waals surface area (Å²) in [7, 11) is 0. The minimum Gasteiger partial charge on any atom is -0.507 e. The Hall–Kier alpha value is -2.11. The topological polar surface area (TPSA) is 77.8 Å². The molecule has 1 fully saturated rings. The second-order valence-electron chi connectivity index (χ2n) is 4.84. The summed E-state index contributed by atoms with van der Waals surface area (Å²) in [6.07, 6.45) is 2.56. The summed E-state index contributed by atoms with van der Waals surface area (Å²) in [5.41, 5.74) is -0.458. The third kappa shape index (κ3) is 2.74. The van der Waals surface area contributed by atoms with Crippen LogP contribution in [0.2, 0.25) is 0 Å². The van der Waals surface area contributed by atoms with E-state index in [9.17, 15) is 24.2 Å². The lowest BCUT2D eigenvalue weighted by atomic mass is 10.1. The highest BCUT2D eigenvalue weighted by Gasteiger charge is 2.33. The molecule has 0 radical (unpaired) electrons. The van der Waals surface area contributed by atoms with Crippen molar-refractivity contribution in [1.29, 1.82) is 0 Å². The number of hydrogen-bond donors (Lipinski definition) is 2. The Morgan fingerprint density at radius 1 is 1.25 bits per heavy atom. The molecule has 1 aliphatic rings. The lowest BCUT2D eigenvalue weighted by Gasteiger charge is -2.27. The summed E-state index contributed by atoms with van der Waals surface area (Å²) < 4.78 is 13.7. The number of phenolic OH excluding ortho intramolecular Hbond substituents is 1. The maximum atomic E-state index is 13.7. The normalized spacial score (nSPS) is 19.4. The van der Waals surface area contributed by atoms with E-state index in [2.05, 4.69) is 0 Å². The SMILES string of the molecule is O=C(O)C1CCCCCN1C(=O)c1c(O)cccc1F. The lowest BCUT2D eigenvalue weighted by Crippen LogP contribution is -2.45. The molecule has 2 rings (SSSR count). The Balaban J connectivity index is 2.36. The molecule has 108 valence electrons. The molecule has 0 saturated carbocycles. The van der Waals surface area contributed by atoms with E-state index < -0.39 is 35.0 Å². The van der Waals surface area contributed by atoms with E-state index >= 15 is 0 Å². The second kappa shape index (κ2) is 5.90. The highest BCUT2D eigenvalue weighted by molar-refractivity contribution is 5.99. The highest BCUT2D eigenvalue weighted by atomic mass is 19.1. The van der Waals surface area contributed by atoms with E-state index in [4.69, 9.17) is 0 Å². The van der Waals surface area contributed by atoms with Crippen molar-refractivity contribution >= 4 is 11.9 Å². The van der Waals surface area contributed by atoms with Crippen LogP contribution in [0.3, 0.4) is 0 Å². The number of nitrogens with zero attached hydrogens (tertiary/aromatic N) is 1. The van der Waals surface area contributed by atoms with Crippen LogP contribution >= 0.6 is 0 Å². The lowest BCUT2D eigenvalue weighted by molar-refractivity contribution is -0.142. The van der Waals surface area contributed by atoms with Crippen LogP contribution in [-0.4, -0.2) is 39.6 Å². The Labute approximate surface area is 115 Å². The summed E-state index contributed by atoms with van der Waals surface area (Å²) in [5, 5.41) is 18.9. The number of hydrogen-bond acceptors (Lipinski definition) is 3. The van der Waals surface area contributed by atoms with E-state index in [1.165, 1.54) is 12.1 Å². The van der Waals surface area contributed by atoms with Crippen molar-refractivity contribution in [2.75, 3.05) is 6.54 Å². The van der Waals surface area contributed by atoms with Gasteiger partial charge < -0.3 is 15.1 Å². The first-order chi connectivity index (χ1) is 9.52. The predicted molar refractivity (Wildman–Crippen MR) is 69.0 cm³/mol. The number of phenols is 1. The molecule has 1 aromatic carbocycles. The van der Waals surface area contributed by atoms with Gasteiger partial charge in [0, 0.05) is 6.54 Å². The molecule has 0 bridgehead atoms. The van der Waals surface area contributed by atoms with Crippen molar-refractivity contribution in [3.8, 4) is 5.75 Å². The van der Waals surface area contributed by atoms with Crippen molar-refractivity contribution in [2.24, 2.45) is 0 Å². The minimum atomic E-state index is -1.10.